The van der Waals surface area contributed by atoms with Gasteiger partial charge in [0.15, 0.2) is 52.9 Å². The minimum absolute atomic E-state index is 0. The number of carbonyl (C=O) groups is 2. The van der Waals surface area contributed by atoms with Gasteiger partial charge in [0.05, 0.1) is 42.7 Å². The van der Waals surface area contributed by atoms with Crippen LogP contribution in [0.3, 0.4) is 0 Å². The molecule has 0 bridgehead atoms. The van der Waals surface area contributed by atoms with Gasteiger partial charge in [-0.3, -0.25) is 0 Å². The average Bonchev–Trinajstić information content (AvgIpc) is 3.03. The Balaban J connectivity index is -0.000000520. The molecule has 0 atom stereocenters. The molecule has 3 aliphatic rings. The average molecular weight is 829 g/mol. The van der Waals surface area contributed by atoms with E-state index in [-0.39, 0.29) is 26.2 Å². The molecule has 0 saturated heterocycles. The molecule has 0 aromatic heterocycles. The molecule has 45 heavy (non-hydrogen) atoms. The summed E-state index contributed by atoms with van der Waals surface area (Å²) in [6, 6.07) is 0. The second-order valence-corrected chi connectivity index (χ2v) is 7.36. The molecular formula is C31H39BiO13. The first-order valence-electron chi connectivity index (χ1n) is 12.3. The van der Waals surface area contributed by atoms with Gasteiger partial charge in [0, 0.05) is 69.7 Å². The third-order valence-corrected chi connectivity index (χ3v) is 4.56. The van der Waals surface area contributed by atoms with Gasteiger partial charge in [-0.1, -0.05) is 0 Å². The first-order chi connectivity index (χ1) is 21.0. The van der Waals surface area contributed by atoms with E-state index in [9.17, 15) is 0 Å². The Hall–Kier alpha value is -3.72. The molecule has 0 aliphatic heterocycles. The fourth-order valence-corrected chi connectivity index (χ4v) is 2.85. The zero-order valence-corrected chi connectivity index (χ0v) is 30.7. The van der Waals surface area contributed by atoms with Gasteiger partial charge in [0.25, 0.3) is 0 Å². The number of allylic oxidation sites excluding steroid dienone is 3. The fourth-order valence-electron chi connectivity index (χ4n) is 2.85. The van der Waals surface area contributed by atoms with Gasteiger partial charge in [-0.25, -0.2) is 0 Å². The number of rotatable bonds is 9. The number of carboxylic acids is 2. The topological polar surface area (TPSA) is 163 Å². The van der Waals surface area contributed by atoms with Crippen LogP contribution < -0.4 is 10.2 Å². The van der Waals surface area contributed by atoms with Crippen molar-refractivity contribution in [2.45, 2.75) is 13.8 Å². The van der Waals surface area contributed by atoms with Gasteiger partial charge in [-0.15, -0.1) is 17.2 Å². The van der Waals surface area contributed by atoms with Gasteiger partial charge in [-0.2, -0.15) is 0 Å². The summed E-state index contributed by atoms with van der Waals surface area (Å²) in [4.78, 5) is 17.8. The monoisotopic (exact) mass is 828 g/mol. The molecule has 3 aliphatic carbocycles. The molecule has 0 heterocycles. The van der Waals surface area contributed by atoms with Crippen LogP contribution in [-0.2, 0) is 52.2 Å². The minimum Gasteiger partial charge on any atom is -0.550 e. The Morgan fingerprint density at radius 2 is 0.644 bits per heavy atom. The Kier molecular flexibility index (Phi) is 28.2. The third-order valence-electron chi connectivity index (χ3n) is 4.56. The predicted molar refractivity (Wildman–Crippen MR) is 159 cm³/mol. The van der Waals surface area contributed by atoms with Crippen molar-refractivity contribution in [2.75, 3.05) is 64.0 Å². The molecule has 0 fully saturated rings. The van der Waals surface area contributed by atoms with Crippen molar-refractivity contribution in [1.82, 2.24) is 0 Å². The van der Waals surface area contributed by atoms with Crippen LogP contribution >= 0.6 is 0 Å². The van der Waals surface area contributed by atoms with Crippen molar-refractivity contribution in [2.24, 2.45) is 0 Å². The maximum atomic E-state index is 8.89. The summed E-state index contributed by atoms with van der Waals surface area (Å²) in [6.45, 7) is 1.94. The van der Waals surface area contributed by atoms with Crippen LogP contribution in [0, 0.1) is 18.3 Å². The Morgan fingerprint density at radius 3 is 0.778 bits per heavy atom. The van der Waals surface area contributed by atoms with E-state index in [0.717, 1.165) is 13.8 Å². The van der Waals surface area contributed by atoms with E-state index >= 15 is 0 Å². The van der Waals surface area contributed by atoms with Crippen molar-refractivity contribution in [1.29, 1.82) is 0 Å². The first kappa shape index (κ1) is 45.7. The molecule has 0 unspecified atom stereocenters. The van der Waals surface area contributed by atoms with E-state index in [2.05, 4.69) is 17.2 Å². The predicted octanol–water partition coefficient (Wildman–Crippen LogP) is 1.31. The second-order valence-electron chi connectivity index (χ2n) is 7.36. The van der Waals surface area contributed by atoms with Crippen molar-refractivity contribution in [3.63, 3.8) is 0 Å². The molecule has 14 heteroatoms. The maximum absolute atomic E-state index is 8.89. The van der Waals surface area contributed by atoms with E-state index in [4.69, 9.17) is 62.4 Å². The van der Waals surface area contributed by atoms with E-state index in [0.29, 0.717) is 52.9 Å². The van der Waals surface area contributed by atoms with Crippen molar-refractivity contribution in [3.8, 4) is 0 Å². The van der Waals surface area contributed by atoms with Crippen LogP contribution in [0.4, 0.5) is 0 Å². The smallest absolute Gasteiger partial charge is 0.550 e. The van der Waals surface area contributed by atoms with Crippen LogP contribution in [-0.4, -0.2) is 102 Å². The number of carbonyl (C=O) groups excluding carboxylic acids is 2. The zero-order chi connectivity index (χ0) is 34.1. The molecule has 0 spiro atoms. The van der Waals surface area contributed by atoms with Crippen LogP contribution in [0.25, 0.3) is 0 Å². The van der Waals surface area contributed by atoms with E-state index in [1.54, 1.807) is 100 Å². The van der Waals surface area contributed by atoms with E-state index in [1.165, 1.54) is 0 Å². The first-order valence-corrected chi connectivity index (χ1v) is 12.3. The quantitative estimate of drug-likeness (QED) is 0.242. The van der Waals surface area contributed by atoms with E-state index < -0.39 is 11.9 Å². The summed E-state index contributed by atoms with van der Waals surface area (Å²) in [7, 11) is 14.2. The zero-order valence-electron chi connectivity index (χ0n) is 27.2. The Labute approximate surface area is 284 Å². The third kappa shape index (κ3) is 18.6. The van der Waals surface area contributed by atoms with Gasteiger partial charge in [0.1, 0.15) is 0 Å². The number of aliphatic carboxylic acids is 2. The molecule has 0 amide bonds. The fraction of sp³-hybridized carbons (Fsp3) is 0.355. The number of carboxylic acid groups (broad SMARTS) is 2. The molecule has 13 nitrogen and oxygen atoms in total. The number of methoxy groups -OCH3 is 9. The van der Waals surface area contributed by atoms with Crippen molar-refractivity contribution < 1.29 is 62.4 Å². The second kappa shape index (κ2) is 27.8. The van der Waals surface area contributed by atoms with Gasteiger partial charge in [-0.05, 0) is 13.8 Å². The molecule has 0 aromatic rings. The van der Waals surface area contributed by atoms with Crippen LogP contribution in [0.1, 0.15) is 13.8 Å². The van der Waals surface area contributed by atoms with Crippen molar-refractivity contribution >= 4 is 38.1 Å². The summed E-state index contributed by atoms with van der Waals surface area (Å²) in [5.74, 6) is 1.49. The molecule has 0 saturated carbocycles. The minimum atomic E-state index is -1.08. The van der Waals surface area contributed by atoms with Gasteiger partial charge < -0.3 is 62.4 Å². The molecule has 3 rings (SSSR count). The molecular weight excluding hydrogens is 789 g/mol. The Bertz CT molecular complexity index is 1050. The molecule has 0 aromatic carbocycles. The molecule has 0 N–H and O–H groups in total. The van der Waals surface area contributed by atoms with Crippen molar-refractivity contribution in [3.05, 3.63) is 107 Å². The summed E-state index contributed by atoms with van der Waals surface area (Å²) in [5.41, 5.74) is 8.63. The SMILES string of the molecule is CC(=O)[O-].CC(=O)[O-].CO[C]1C=C=CC(OC)=C1OC.CO[C]1C=C=CC(OC)=C1OC.CO[C]1C=C=CC(OC)=C1OC.[Bi+2]. The van der Waals surface area contributed by atoms with Crippen LogP contribution in [0.2, 0.25) is 0 Å². The van der Waals surface area contributed by atoms with Crippen LogP contribution in [0.5, 0.6) is 0 Å². The van der Waals surface area contributed by atoms with Crippen LogP contribution in [0.15, 0.2) is 88.2 Å². The number of hydrogen-bond acceptors (Lipinski definition) is 13. The summed E-state index contributed by atoms with van der Waals surface area (Å²) in [6.07, 6.45) is 12.0. The normalized spacial score (nSPS) is 14.6. The summed E-state index contributed by atoms with van der Waals surface area (Å²) in [5, 5.41) is 17.8. The summed E-state index contributed by atoms with van der Waals surface area (Å²) >= 11 is 0. The largest absolute Gasteiger partial charge is 2.00 e. The van der Waals surface area contributed by atoms with Gasteiger partial charge in [0.2, 0.25) is 0 Å². The molecule has 246 valence electrons. The Morgan fingerprint density at radius 1 is 0.444 bits per heavy atom. The standard InChI is InChI=1S/3C9H11O3.2C2H4O2.Bi/c3*1-10-7-5-4-6-8(11-2)9(7)12-3;2*1-2(3)4;/h3*5-6H,1-3H3;2*1H3,(H,3,4);/q;;;;;+2/p-2. The van der Waals surface area contributed by atoms with Gasteiger partial charge >= 0.3 is 26.2 Å². The maximum Gasteiger partial charge on any atom is 2.00 e. The number of ether oxygens (including phenoxy) is 9. The summed E-state index contributed by atoms with van der Waals surface area (Å²) < 4.78 is 45.5. The van der Waals surface area contributed by atoms with E-state index in [1.807, 2.05) is 0 Å². The molecule has 6 radical (unpaired) electrons. The number of hydrogen-bond donors (Lipinski definition) is 0.